The molecular weight excluding hydrogens is 265 g/mol. The van der Waals surface area contributed by atoms with Gasteiger partial charge in [-0.05, 0) is 43.0 Å². The van der Waals surface area contributed by atoms with Crippen molar-refractivity contribution in [3.8, 4) is 5.75 Å². The van der Waals surface area contributed by atoms with Gasteiger partial charge >= 0.3 is 0 Å². The van der Waals surface area contributed by atoms with Crippen LogP contribution in [0, 0.1) is 12.7 Å². The van der Waals surface area contributed by atoms with Crippen LogP contribution >= 0.6 is 0 Å². The van der Waals surface area contributed by atoms with Crippen LogP contribution in [0.4, 0.5) is 4.39 Å². The minimum Gasteiger partial charge on any atom is -0.486 e. The summed E-state index contributed by atoms with van der Waals surface area (Å²) in [5.41, 5.74) is 9.00. The number of benzene rings is 2. The number of nitrogens with two attached hydrogens (primary N) is 1. The molecule has 21 heavy (non-hydrogen) atoms. The van der Waals surface area contributed by atoms with Gasteiger partial charge in [0.15, 0.2) is 11.6 Å². The van der Waals surface area contributed by atoms with Crippen molar-refractivity contribution in [2.75, 3.05) is 0 Å². The zero-order valence-corrected chi connectivity index (χ0v) is 12.6. The summed E-state index contributed by atoms with van der Waals surface area (Å²) in [7, 11) is 0. The molecule has 0 saturated heterocycles. The lowest BCUT2D eigenvalue weighted by Gasteiger charge is -2.11. The molecule has 0 aliphatic heterocycles. The van der Waals surface area contributed by atoms with E-state index in [0.29, 0.717) is 13.0 Å². The van der Waals surface area contributed by atoms with E-state index in [4.69, 9.17) is 10.5 Å². The summed E-state index contributed by atoms with van der Waals surface area (Å²) in [5.74, 6) is -0.0474. The van der Waals surface area contributed by atoms with Gasteiger partial charge in [0, 0.05) is 6.04 Å². The lowest BCUT2D eigenvalue weighted by Crippen LogP contribution is -2.21. The largest absolute Gasteiger partial charge is 0.486 e. The Morgan fingerprint density at radius 1 is 1.14 bits per heavy atom. The lowest BCUT2D eigenvalue weighted by atomic mass is 10.0. The first kappa shape index (κ1) is 15.5. The fourth-order valence-electron chi connectivity index (χ4n) is 2.20. The SMILES string of the molecule is CCC(N)Cc1ccc(OCc2cccc(C)c2)c(F)c1. The molecule has 0 aliphatic rings. The van der Waals surface area contributed by atoms with Crippen LogP contribution in [0.3, 0.4) is 0 Å². The molecular formula is C18H22FNO. The Labute approximate surface area is 125 Å². The second-order valence-corrected chi connectivity index (χ2v) is 5.41. The van der Waals surface area contributed by atoms with E-state index in [1.54, 1.807) is 6.07 Å². The molecule has 1 unspecified atom stereocenters. The molecule has 0 radical (unpaired) electrons. The predicted molar refractivity (Wildman–Crippen MR) is 83.9 cm³/mol. The number of hydrogen-bond acceptors (Lipinski definition) is 2. The van der Waals surface area contributed by atoms with Crippen molar-refractivity contribution < 1.29 is 9.13 Å². The number of hydrogen-bond donors (Lipinski definition) is 1. The fourth-order valence-corrected chi connectivity index (χ4v) is 2.20. The van der Waals surface area contributed by atoms with Crippen LogP contribution < -0.4 is 10.5 Å². The van der Waals surface area contributed by atoms with Crippen LogP contribution in [0.25, 0.3) is 0 Å². The topological polar surface area (TPSA) is 35.2 Å². The summed E-state index contributed by atoms with van der Waals surface area (Å²) in [5, 5.41) is 0. The van der Waals surface area contributed by atoms with Crippen LogP contribution in [0.5, 0.6) is 5.75 Å². The van der Waals surface area contributed by atoms with Crippen LogP contribution in [-0.2, 0) is 13.0 Å². The van der Waals surface area contributed by atoms with Gasteiger partial charge in [-0.25, -0.2) is 4.39 Å². The molecule has 2 nitrogen and oxygen atoms in total. The summed E-state index contributed by atoms with van der Waals surface area (Å²) in [6, 6.07) is 13.2. The number of ether oxygens (including phenoxy) is 1. The van der Waals surface area contributed by atoms with Crippen LogP contribution in [0.15, 0.2) is 42.5 Å². The first-order valence-electron chi connectivity index (χ1n) is 7.31. The molecule has 0 heterocycles. The fraction of sp³-hybridized carbons (Fsp3) is 0.333. The highest BCUT2D eigenvalue weighted by Gasteiger charge is 2.08. The van der Waals surface area contributed by atoms with Crippen LogP contribution in [0.1, 0.15) is 30.0 Å². The van der Waals surface area contributed by atoms with E-state index in [1.807, 2.05) is 44.2 Å². The normalized spacial score (nSPS) is 12.2. The zero-order valence-electron chi connectivity index (χ0n) is 12.6. The maximum absolute atomic E-state index is 14.0. The van der Waals surface area contributed by atoms with Crippen LogP contribution in [0.2, 0.25) is 0 Å². The van der Waals surface area contributed by atoms with Crippen molar-refractivity contribution in [3.63, 3.8) is 0 Å². The molecule has 0 bridgehead atoms. The third-order valence-electron chi connectivity index (χ3n) is 3.50. The molecule has 2 aromatic rings. The van der Waals surface area contributed by atoms with Crippen molar-refractivity contribution in [1.82, 2.24) is 0 Å². The molecule has 0 aromatic heterocycles. The summed E-state index contributed by atoms with van der Waals surface area (Å²) in [6.07, 6.45) is 1.57. The molecule has 1 atom stereocenters. The van der Waals surface area contributed by atoms with Crippen LogP contribution in [-0.4, -0.2) is 6.04 Å². The highest BCUT2D eigenvalue weighted by molar-refractivity contribution is 5.30. The average molecular weight is 287 g/mol. The molecule has 2 aromatic carbocycles. The Kier molecular flexibility index (Phi) is 5.34. The highest BCUT2D eigenvalue weighted by Crippen LogP contribution is 2.20. The van der Waals surface area contributed by atoms with E-state index in [2.05, 4.69) is 0 Å². The quantitative estimate of drug-likeness (QED) is 0.871. The van der Waals surface area contributed by atoms with E-state index in [0.717, 1.165) is 17.5 Å². The van der Waals surface area contributed by atoms with Crippen molar-refractivity contribution in [2.24, 2.45) is 5.73 Å². The summed E-state index contributed by atoms with van der Waals surface area (Å²) < 4.78 is 19.6. The van der Waals surface area contributed by atoms with E-state index in [9.17, 15) is 4.39 Å². The van der Waals surface area contributed by atoms with Gasteiger partial charge in [-0.15, -0.1) is 0 Å². The number of halogens is 1. The van der Waals surface area contributed by atoms with E-state index in [-0.39, 0.29) is 17.6 Å². The zero-order chi connectivity index (χ0) is 15.2. The minimum atomic E-state index is -0.330. The van der Waals surface area contributed by atoms with Gasteiger partial charge in [0.25, 0.3) is 0 Å². The highest BCUT2D eigenvalue weighted by atomic mass is 19.1. The number of aryl methyl sites for hydroxylation is 1. The summed E-state index contributed by atoms with van der Waals surface area (Å²) >= 11 is 0. The molecule has 2 N–H and O–H groups in total. The molecule has 0 spiro atoms. The summed E-state index contributed by atoms with van der Waals surface area (Å²) in [4.78, 5) is 0. The molecule has 0 saturated carbocycles. The monoisotopic (exact) mass is 287 g/mol. The molecule has 2 rings (SSSR count). The predicted octanol–water partition coefficient (Wildman–Crippen LogP) is 3.99. The van der Waals surface area contributed by atoms with Gasteiger partial charge in [-0.2, -0.15) is 0 Å². The second-order valence-electron chi connectivity index (χ2n) is 5.41. The molecule has 112 valence electrons. The second kappa shape index (κ2) is 7.23. The van der Waals surface area contributed by atoms with Gasteiger partial charge in [0.1, 0.15) is 6.61 Å². The third-order valence-corrected chi connectivity index (χ3v) is 3.50. The third kappa shape index (κ3) is 4.57. The van der Waals surface area contributed by atoms with Crippen molar-refractivity contribution in [1.29, 1.82) is 0 Å². The Morgan fingerprint density at radius 2 is 1.95 bits per heavy atom. The first-order chi connectivity index (χ1) is 10.1. The Hall–Kier alpha value is -1.87. The van der Waals surface area contributed by atoms with E-state index in [1.165, 1.54) is 11.6 Å². The van der Waals surface area contributed by atoms with Gasteiger partial charge in [0.05, 0.1) is 0 Å². The molecule has 0 amide bonds. The minimum absolute atomic E-state index is 0.0727. The molecule has 0 aliphatic carbocycles. The Morgan fingerprint density at radius 3 is 2.62 bits per heavy atom. The Bertz CT molecular complexity index is 598. The van der Waals surface area contributed by atoms with Gasteiger partial charge in [-0.1, -0.05) is 42.8 Å². The lowest BCUT2D eigenvalue weighted by molar-refractivity contribution is 0.290. The van der Waals surface area contributed by atoms with Gasteiger partial charge in [-0.3, -0.25) is 0 Å². The maximum Gasteiger partial charge on any atom is 0.165 e. The van der Waals surface area contributed by atoms with Crippen molar-refractivity contribution in [3.05, 3.63) is 65.0 Å². The molecule has 3 heteroatoms. The van der Waals surface area contributed by atoms with Gasteiger partial charge in [0.2, 0.25) is 0 Å². The van der Waals surface area contributed by atoms with E-state index < -0.39 is 0 Å². The van der Waals surface area contributed by atoms with Gasteiger partial charge < -0.3 is 10.5 Å². The maximum atomic E-state index is 14.0. The standard InChI is InChI=1S/C18H22FNO/c1-3-16(20)10-14-7-8-18(17(19)11-14)21-12-15-6-4-5-13(2)9-15/h4-9,11,16H,3,10,12,20H2,1-2H3. The number of rotatable bonds is 6. The average Bonchev–Trinajstić information content (AvgIpc) is 2.46. The summed E-state index contributed by atoms with van der Waals surface area (Å²) in [6.45, 7) is 4.42. The first-order valence-corrected chi connectivity index (χ1v) is 7.31. The molecule has 0 fully saturated rings. The van der Waals surface area contributed by atoms with Crippen molar-refractivity contribution >= 4 is 0 Å². The Balaban J connectivity index is 2.01. The smallest absolute Gasteiger partial charge is 0.165 e. The van der Waals surface area contributed by atoms with Crippen molar-refractivity contribution in [2.45, 2.75) is 39.3 Å². The van der Waals surface area contributed by atoms with E-state index >= 15 is 0 Å².